The first-order valence-electron chi connectivity index (χ1n) is 17.7. The van der Waals surface area contributed by atoms with Gasteiger partial charge in [0.15, 0.2) is 0 Å². The van der Waals surface area contributed by atoms with Crippen molar-refractivity contribution in [2.75, 3.05) is 7.05 Å². The first kappa shape index (κ1) is 30.0. The SMILES string of the molecule is CN1C(C2=CCCC=C2)NC(C2=CC=CCC2)NC1c1cccc(-c2cccc(-c3ccc4c5ccccc5c5ccccc5c4c3)c2)c1. The number of hydrogen-bond donors (Lipinski definition) is 2. The molecule has 3 heteroatoms. The van der Waals surface area contributed by atoms with Crippen LogP contribution in [0.15, 0.2) is 163 Å². The number of nitrogens with one attached hydrogen (secondary N) is 2. The molecular weight excluding hydrogens is 595 g/mol. The lowest BCUT2D eigenvalue weighted by Gasteiger charge is -2.47. The van der Waals surface area contributed by atoms with Gasteiger partial charge in [-0.15, -0.1) is 0 Å². The lowest BCUT2D eigenvalue weighted by molar-refractivity contribution is 0.0728. The van der Waals surface area contributed by atoms with Gasteiger partial charge in [0.2, 0.25) is 0 Å². The Kier molecular flexibility index (Phi) is 7.82. The van der Waals surface area contributed by atoms with Crippen LogP contribution in [-0.4, -0.2) is 24.3 Å². The maximum absolute atomic E-state index is 3.98. The zero-order valence-corrected chi connectivity index (χ0v) is 27.9. The Labute approximate surface area is 289 Å². The zero-order chi connectivity index (χ0) is 32.7. The summed E-state index contributed by atoms with van der Waals surface area (Å²) in [5.74, 6) is 0. The molecule has 2 N–H and O–H groups in total. The molecule has 3 nitrogen and oxygen atoms in total. The van der Waals surface area contributed by atoms with Crippen LogP contribution in [0.4, 0.5) is 0 Å². The first-order valence-corrected chi connectivity index (χ1v) is 17.7. The van der Waals surface area contributed by atoms with E-state index in [1.807, 2.05) is 0 Å². The van der Waals surface area contributed by atoms with Gasteiger partial charge in [-0.25, -0.2) is 0 Å². The van der Waals surface area contributed by atoms with Crippen LogP contribution in [0.3, 0.4) is 0 Å². The molecule has 1 aliphatic heterocycles. The third-order valence-electron chi connectivity index (χ3n) is 10.7. The molecule has 0 amide bonds. The summed E-state index contributed by atoms with van der Waals surface area (Å²) in [6, 6.07) is 42.8. The maximum Gasteiger partial charge on any atom is 0.0887 e. The van der Waals surface area contributed by atoms with Gasteiger partial charge in [0.25, 0.3) is 0 Å². The van der Waals surface area contributed by atoms with E-state index in [4.69, 9.17) is 0 Å². The third-order valence-corrected chi connectivity index (χ3v) is 10.7. The average Bonchev–Trinajstić information content (AvgIpc) is 3.19. The van der Waals surface area contributed by atoms with Crippen molar-refractivity contribution in [2.24, 2.45) is 0 Å². The summed E-state index contributed by atoms with van der Waals surface area (Å²) in [6.07, 6.45) is 18.5. The molecule has 1 heterocycles. The van der Waals surface area contributed by atoms with Crippen molar-refractivity contribution in [3.05, 3.63) is 168 Å². The minimum atomic E-state index is 0.0611. The second kappa shape index (κ2) is 12.8. The van der Waals surface area contributed by atoms with Crippen LogP contribution in [0.2, 0.25) is 0 Å². The molecule has 6 aromatic rings. The van der Waals surface area contributed by atoms with E-state index in [-0.39, 0.29) is 18.5 Å². The number of hydrogen-bond acceptors (Lipinski definition) is 3. The van der Waals surface area contributed by atoms with Crippen molar-refractivity contribution in [3.8, 4) is 22.3 Å². The highest BCUT2D eigenvalue weighted by Crippen LogP contribution is 2.38. The van der Waals surface area contributed by atoms with E-state index in [1.165, 1.54) is 71.3 Å². The average molecular weight is 636 g/mol. The Morgan fingerprint density at radius 3 is 1.86 bits per heavy atom. The van der Waals surface area contributed by atoms with Gasteiger partial charge in [-0.3, -0.25) is 15.5 Å². The summed E-state index contributed by atoms with van der Waals surface area (Å²) in [5, 5.41) is 15.8. The standard InChI is InChI=1S/C46H41N3/c1-49-45(32-16-6-3-7-17-32)47-44(31-14-4-2-5-15-31)48-46(49)37-21-13-20-35(29-37)33-18-12-19-34(28-33)36-26-27-42-40-24-9-8-22-38(40)39-23-10-11-25-41(39)43(42)30-36/h2,4,6,8-14,16-30,44-48H,3,5,7,15H2,1H3. The fourth-order valence-electron chi connectivity index (χ4n) is 8.18. The summed E-state index contributed by atoms with van der Waals surface area (Å²) in [7, 11) is 2.24. The van der Waals surface area contributed by atoms with Crippen LogP contribution in [-0.2, 0) is 0 Å². The van der Waals surface area contributed by atoms with Crippen molar-refractivity contribution in [1.82, 2.24) is 15.5 Å². The molecule has 0 saturated carbocycles. The highest BCUT2D eigenvalue weighted by molar-refractivity contribution is 6.25. The Bertz CT molecular complexity index is 2310. The molecule has 3 unspecified atom stereocenters. The van der Waals surface area contributed by atoms with Gasteiger partial charge in [-0.2, -0.15) is 0 Å². The molecule has 2 aliphatic carbocycles. The first-order chi connectivity index (χ1) is 24.2. The van der Waals surface area contributed by atoms with Gasteiger partial charge in [-0.1, -0.05) is 134 Å². The van der Waals surface area contributed by atoms with E-state index < -0.39 is 0 Å². The number of nitrogens with zero attached hydrogens (tertiary/aromatic N) is 1. The minimum absolute atomic E-state index is 0.0611. The van der Waals surface area contributed by atoms with Gasteiger partial charge in [0, 0.05) is 0 Å². The van der Waals surface area contributed by atoms with Gasteiger partial charge < -0.3 is 0 Å². The normalized spacial score (nSPS) is 21.3. The van der Waals surface area contributed by atoms with Crippen LogP contribution in [0.5, 0.6) is 0 Å². The van der Waals surface area contributed by atoms with Crippen LogP contribution < -0.4 is 10.6 Å². The quantitative estimate of drug-likeness (QED) is 0.185. The lowest BCUT2D eigenvalue weighted by Crippen LogP contribution is -2.64. The summed E-state index contributed by atoms with van der Waals surface area (Å²) in [4.78, 5) is 2.45. The molecule has 3 atom stereocenters. The van der Waals surface area contributed by atoms with E-state index in [2.05, 4.69) is 174 Å². The van der Waals surface area contributed by atoms with Crippen LogP contribution in [0, 0.1) is 0 Å². The van der Waals surface area contributed by atoms with Crippen LogP contribution in [0.1, 0.15) is 37.4 Å². The maximum atomic E-state index is 3.98. The van der Waals surface area contributed by atoms with E-state index in [1.54, 1.807) is 0 Å². The van der Waals surface area contributed by atoms with Gasteiger partial charge in [0.1, 0.15) is 0 Å². The number of rotatable bonds is 5. The van der Waals surface area contributed by atoms with E-state index >= 15 is 0 Å². The number of fused-ring (bicyclic) bond motifs is 6. The predicted molar refractivity (Wildman–Crippen MR) is 207 cm³/mol. The molecule has 9 rings (SSSR count). The molecule has 0 bridgehead atoms. The highest BCUT2D eigenvalue weighted by Gasteiger charge is 2.36. The van der Waals surface area contributed by atoms with E-state index in [0.29, 0.717) is 0 Å². The smallest absolute Gasteiger partial charge is 0.0887 e. The zero-order valence-electron chi connectivity index (χ0n) is 27.9. The number of likely N-dealkylation sites (N-methyl/N-ethyl adjacent to an activating group) is 1. The monoisotopic (exact) mass is 635 g/mol. The van der Waals surface area contributed by atoms with Crippen molar-refractivity contribution >= 4 is 32.3 Å². The summed E-state index contributed by atoms with van der Waals surface area (Å²) < 4.78 is 0. The third kappa shape index (κ3) is 5.54. The Balaban J connectivity index is 1.08. The fraction of sp³-hybridized carbons (Fsp3) is 0.174. The second-order valence-corrected chi connectivity index (χ2v) is 13.7. The van der Waals surface area contributed by atoms with Crippen molar-refractivity contribution in [2.45, 2.75) is 44.2 Å². The van der Waals surface area contributed by atoms with Crippen LogP contribution in [0.25, 0.3) is 54.6 Å². The summed E-state index contributed by atoms with van der Waals surface area (Å²) in [6.45, 7) is 0. The summed E-state index contributed by atoms with van der Waals surface area (Å²) >= 11 is 0. The molecule has 1 saturated heterocycles. The van der Waals surface area contributed by atoms with Crippen LogP contribution >= 0.6 is 0 Å². The largest absolute Gasteiger partial charge is 0.279 e. The predicted octanol–water partition coefficient (Wildman–Crippen LogP) is 10.8. The van der Waals surface area contributed by atoms with Crippen molar-refractivity contribution in [3.63, 3.8) is 0 Å². The van der Waals surface area contributed by atoms with Crippen molar-refractivity contribution < 1.29 is 0 Å². The number of benzene rings is 6. The Morgan fingerprint density at radius 2 is 1.18 bits per heavy atom. The molecule has 3 aliphatic rings. The molecule has 0 spiro atoms. The molecule has 0 radical (unpaired) electrons. The van der Waals surface area contributed by atoms with E-state index in [9.17, 15) is 0 Å². The second-order valence-electron chi connectivity index (χ2n) is 13.7. The van der Waals surface area contributed by atoms with Gasteiger partial charge in [-0.05, 0) is 122 Å². The van der Waals surface area contributed by atoms with Gasteiger partial charge in [0.05, 0.1) is 18.5 Å². The topological polar surface area (TPSA) is 27.3 Å². The molecule has 240 valence electrons. The highest BCUT2D eigenvalue weighted by atomic mass is 15.4. The lowest BCUT2D eigenvalue weighted by atomic mass is 9.91. The number of allylic oxidation sites excluding steroid dienone is 5. The molecule has 6 aromatic carbocycles. The fourth-order valence-corrected chi connectivity index (χ4v) is 8.18. The molecular formula is C46H41N3. The minimum Gasteiger partial charge on any atom is -0.279 e. The summed E-state index contributed by atoms with van der Waals surface area (Å²) in [5.41, 5.74) is 8.98. The van der Waals surface area contributed by atoms with E-state index in [0.717, 1.165) is 25.7 Å². The van der Waals surface area contributed by atoms with Gasteiger partial charge >= 0.3 is 0 Å². The Hall–Kier alpha value is -5.06. The van der Waals surface area contributed by atoms with Crippen molar-refractivity contribution in [1.29, 1.82) is 0 Å². The molecule has 1 fully saturated rings. The molecule has 0 aromatic heterocycles. The Morgan fingerprint density at radius 1 is 0.551 bits per heavy atom. The molecule has 49 heavy (non-hydrogen) atoms.